The van der Waals surface area contributed by atoms with Gasteiger partial charge in [-0.2, -0.15) is 0 Å². The van der Waals surface area contributed by atoms with E-state index in [9.17, 15) is 0 Å². The number of pyridine rings is 1. The van der Waals surface area contributed by atoms with Crippen LogP contribution in [0.5, 0.6) is 5.75 Å². The Labute approximate surface area is 133 Å². The minimum Gasteiger partial charge on any atom is -0.490 e. The fraction of sp³-hybridized carbons (Fsp3) is 0.438. The normalized spacial score (nSPS) is 19.8. The van der Waals surface area contributed by atoms with E-state index in [2.05, 4.69) is 32.9 Å². The molecule has 2 heterocycles. The third-order valence-corrected chi connectivity index (χ3v) is 4.60. The number of likely N-dealkylation sites (tertiary alicyclic amines) is 1. The SMILES string of the molecule is CN1CCCCC1COc1ccc(N)c2cc(Br)cnc12. The van der Waals surface area contributed by atoms with Gasteiger partial charge in [-0.25, -0.2) is 0 Å². The number of likely N-dealkylation sites (N-methyl/N-ethyl adjacent to an activating group) is 1. The number of hydrogen-bond acceptors (Lipinski definition) is 4. The quantitative estimate of drug-likeness (QED) is 0.862. The summed E-state index contributed by atoms with van der Waals surface area (Å²) in [5, 5.41) is 0.930. The maximum atomic E-state index is 6.05. The number of halogens is 1. The standard InChI is InChI=1S/C16H20BrN3O/c1-20-7-3-2-4-12(20)10-21-15-6-5-14(18)13-8-11(17)9-19-16(13)15/h5-6,8-9,12H,2-4,7,10,18H2,1H3. The Bertz CT molecular complexity index is 647. The van der Waals surface area contributed by atoms with Crippen LogP contribution in [0.4, 0.5) is 5.69 Å². The minimum atomic E-state index is 0.488. The van der Waals surface area contributed by atoms with Crippen LogP contribution in [-0.4, -0.2) is 36.1 Å². The van der Waals surface area contributed by atoms with Crippen molar-refractivity contribution in [3.05, 3.63) is 28.9 Å². The predicted octanol–water partition coefficient (Wildman–Crippen LogP) is 3.44. The Morgan fingerprint density at radius 1 is 1.43 bits per heavy atom. The highest BCUT2D eigenvalue weighted by atomic mass is 79.9. The largest absolute Gasteiger partial charge is 0.490 e. The summed E-state index contributed by atoms with van der Waals surface area (Å²) in [5.41, 5.74) is 7.58. The Morgan fingerprint density at radius 2 is 2.29 bits per heavy atom. The van der Waals surface area contributed by atoms with Gasteiger partial charge in [-0.05, 0) is 60.6 Å². The Balaban J connectivity index is 1.82. The van der Waals surface area contributed by atoms with Crippen LogP contribution in [0.15, 0.2) is 28.9 Å². The summed E-state index contributed by atoms with van der Waals surface area (Å²) in [6.45, 7) is 1.86. The van der Waals surface area contributed by atoms with Crippen LogP contribution in [0.3, 0.4) is 0 Å². The zero-order chi connectivity index (χ0) is 14.8. The highest BCUT2D eigenvalue weighted by Crippen LogP contribution is 2.30. The Kier molecular flexibility index (Phi) is 4.31. The highest BCUT2D eigenvalue weighted by molar-refractivity contribution is 9.10. The molecule has 21 heavy (non-hydrogen) atoms. The molecule has 1 aromatic carbocycles. The van der Waals surface area contributed by atoms with Crippen molar-refractivity contribution in [1.82, 2.24) is 9.88 Å². The van der Waals surface area contributed by atoms with Crippen molar-refractivity contribution >= 4 is 32.5 Å². The van der Waals surface area contributed by atoms with Crippen LogP contribution in [-0.2, 0) is 0 Å². The summed E-state index contributed by atoms with van der Waals surface area (Å²) >= 11 is 3.44. The van der Waals surface area contributed by atoms with Gasteiger partial charge in [0, 0.05) is 27.8 Å². The number of anilines is 1. The van der Waals surface area contributed by atoms with E-state index in [1.165, 1.54) is 19.3 Å². The van der Waals surface area contributed by atoms with E-state index in [0.717, 1.165) is 33.4 Å². The molecule has 1 fully saturated rings. The van der Waals surface area contributed by atoms with Gasteiger partial charge in [0.15, 0.2) is 0 Å². The van der Waals surface area contributed by atoms with Gasteiger partial charge in [0.25, 0.3) is 0 Å². The maximum Gasteiger partial charge on any atom is 0.145 e. The second-order valence-electron chi connectivity index (χ2n) is 5.64. The van der Waals surface area contributed by atoms with E-state index < -0.39 is 0 Å². The topological polar surface area (TPSA) is 51.4 Å². The average molecular weight is 350 g/mol. The molecule has 0 saturated carbocycles. The maximum absolute atomic E-state index is 6.05. The molecular formula is C16H20BrN3O. The van der Waals surface area contributed by atoms with Gasteiger partial charge >= 0.3 is 0 Å². The van der Waals surface area contributed by atoms with Crippen molar-refractivity contribution in [3.63, 3.8) is 0 Å². The summed E-state index contributed by atoms with van der Waals surface area (Å²) < 4.78 is 6.97. The highest BCUT2D eigenvalue weighted by Gasteiger charge is 2.20. The number of nitrogens with two attached hydrogens (primary N) is 1. The van der Waals surface area contributed by atoms with Gasteiger partial charge < -0.3 is 15.4 Å². The molecule has 1 aliphatic rings. The zero-order valence-corrected chi connectivity index (χ0v) is 13.8. The number of benzene rings is 1. The number of nitrogens with zero attached hydrogens (tertiary/aromatic N) is 2. The molecule has 0 radical (unpaired) electrons. The second-order valence-corrected chi connectivity index (χ2v) is 6.56. The monoisotopic (exact) mass is 349 g/mol. The lowest BCUT2D eigenvalue weighted by Crippen LogP contribution is -2.40. The third kappa shape index (κ3) is 3.14. The third-order valence-electron chi connectivity index (χ3n) is 4.17. The molecule has 1 aromatic heterocycles. The van der Waals surface area contributed by atoms with Gasteiger partial charge in [0.2, 0.25) is 0 Å². The van der Waals surface area contributed by atoms with Crippen molar-refractivity contribution in [3.8, 4) is 5.75 Å². The first-order chi connectivity index (χ1) is 10.1. The van der Waals surface area contributed by atoms with Gasteiger partial charge in [-0.15, -0.1) is 0 Å². The van der Waals surface area contributed by atoms with Crippen LogP contribution in [0.25, 0.3) is 10.9 Å². The fourth-order valence-electron chi connectivity index (χ4n) is 2.85. The summed E-state index contributed by atoms with van der Waals surface area (Å²) in [5.74, 6) is 0.811. The lowest BCUT2D eigenvalue weighted by molar-refractivity contribution is 0.126. The lowest BCUT2D eigenvalue weighted by Gasteiger charge is -2.32. The van der Waals surface area contributed by atoms with E-state index in [0.29, 0.717) is 12.6 Å². The van der Waals surface area contributed by atoms with Gasteiger partial charge in [0.05, 0.1) is 0 Å². The van der Waals surface area contributed by atoms with Crippen LogP contribution in [0.1, 0.15) is 19.3 Å². The number of aromatic nitrogens is 1. The minimum absolute atomic E-state index is 0.488. The van der Waals surface area contributed by atoms with E-state index in [-0.39, 0.29) is 0 Å². The van der Waals surface area contributed by atoms with Crippen molar-refractivity contribution in [2.45, 2.75) is 25.3 Å². The molecule has 0 bridgehead atoms. The molecule has 0 spiro atoms. The van der Waals surface area contributed by atoms with Crippen molar-refractivity contribution in [2.75, 3.05) is 25.9 Å². The molecule has 0 amide bonds. The summed E-state index contributed by atoms with van der Waals surface area (Å²) in [6.07, 6.45) is 5.54. The fourth-order valence-corrected chi connectivity index (χ4v) is 3.18. The van der Waals surface area contributed by atoms with Gasteiger partial charge in [-0.1, -0.05) is 6.42 Å². The van der Waals surface area contributed by atoms with E-state index in [1.54, 1.807) is 6.20 Å². The van der Waals surface area contributed by atoms with Crippen molar-refractivity contribution < 1.29 is 4.74 Å². The average Bonchev–Trinajstić information content (AvgIpc) is 2.48. The predicted molar refractivity (Wildman–Crippen MR) is 89.6 cm³/mol. The number of hydrogen-bond donors (Lipinski definition) is 1. The van der Waals surface area contributed by atoms with Crippen molar-refractivity contribution in [1.29, 1.82) is 0 Å². The smallest absolute Gasteiger partial charge is 0.145 e. The first-order valence-electron chi connectivity index (χ1n) is 7.32. The van der Waals surface area contributed by atoms with E-state index >= 15 is 0 Å². The summed E-state index contributed by atoms with van der Waals surface area (Å²) in [6, 6.07) is 6.27. The lowest BCUT2D eigenvalue weighted by atomic mass is 10.0. The van der Waals surface area contributed by atoms with Crippen molar-refractivity contribution in [2.24, 2.45) is 0 Å². The molecule has 2 aromatic rings. The Hall–Kier alpha value is -1.33. The van der Waals surface area contributed by atoms with Gasteiger partial charge in [0.1, 0.15) is 17.9 Å². The summed E-state index contributed by atoms with van der Waals surface area (Å²) in [4.78, 5) is 6.84. The molecule has 1 saturated heterocycles. The molecule has 1 atom stereocenters. The number of rotatable bonds is 3. The van der Waals surface area contributed by atoms with Crippen LogP contribution < -0.4 is 10.5 Å². The molecule has 1 aliphatic heterocycles. The number of piperidine rings is 1. The first kappa shape index (κ1) is 14.6. The molecule has 1 unspecified atom stereocenters. The van der Waals surface area contributed by atoms with E-state index in [1.807, 2.05) is 18.2 Å². The second kappa shape index (κ2) is 6.20. The molecule has 3 rings (SSSR count). The molecule has 2 N–H and O–H groups in total. The van der Waals surface area contributed by atoms with Gasteiger partial charge in [-0.3, -0.25) is 4.98 Å². The first-order valence-corrected chi connectivity index (χ1v) is 8.11. The number of fused-ring (bicyclic) bond motifs is 1. The number of nitrogen functional groups attached to an aromatic ring is 1. The molecule has 0 aliphatic carbocycles. The number of ether oxygens (including phenoxy) is 1. The van der Waals surface area contributed by atoms with Crippen LogP contribution in [0, 0.1) is 0 Å². The van der Waals surface area contributed by atoms with Crippen LogP contribution >= 0.6 is 15.9 Å². The Morgan fingerprint density at radius 3 is 3.10 bits per heavy atom. The molecule has 112 valence electrons. The summed E-state index contributed by atoms with van der Waals surface area (Å²) in [7, 11) is 2.17. The van der Waals surface area contributed by atoms with Crippen LogP contribution in [0.2, 0.25) is 0 Å². The molecule has 4 nitrogen and oxygen atoms in total. The van der Waals surface area contributed by atoms with E-state index in [4.69, 9.17) is 10.5 Å². The molecular weight excluding hydrogens is 330 g/mol. The molecule has 5 heteroatoms. The zero-order valence-electron chi connectivity index (χ0n) is 12.2.